The molecule has 0 bridgehead atoms. The average Bonchev–Trinajstić information content (AvgIpc) is 2.24. The minimum atomic E-state index is -0.288. The van der Waals surface area contributed by atoms with Crippen molar-refractivity contribution in [3.63, 3.8) is 0 Å². The first kappa shape index (κ1) is 13.2. The monoisotopic (exact) mass is 288 g/mol. The van der Waals surface area contributed by atoms with Gasteiger partial charge in [-0.1, -0.05) is 13.8 Å². The first-order valence-electron chi connectivity index (χ1n) is 5.12. The molecule has 0 aliphatic rings. The molecule has 0 aliphatic heterocycles. The Bertz CT molecular complexity index is 418. The summed E-state index contributed by atoms with van der Waals surface area (Å²) < 4.78 is 0.398. The standard InChI is InChI=1S/C10H17BrN4O/c1-6(2)10(3,4-12)15-8-7(11)9(16)14-5-13-8/h5-6H,4,12H2,1-3H3,(H2,13,14,15,16). The maximum absolute atomic E-state index is 11.4. The maximum Gasteiger partial charge on any atom is 0.267 e. The molecule has 0 aromatic carbocycles. The van der Waals surface area contributed by atoms with E-state index in [2.05, 4.69) is 45.1 Å². The highest BCUT2D eigenvalue weighted by Crippen LogP contribution is 2.23. The zero-order chi connectivity index (χ0) is 12.3. The van der Waals surface area contributed by atoms with E-state index in [1.54, 1.807) is 0 Å². The van der Waals surface area contributed by atoms with E-state index < -0.39 is 0 Å². The molecule has 0 saturated carbocycles. The van der Waals surface area contributed by atoms with Gasteiger partial charge in [0, 0.05) is 6.54 Å². The van der Waals surface area contributed by atoms with Gasteiger partial charge in [-0.3, -0.25) is 4.79 Å². The molecule has 0 aliphatic carbocycles. The van der Waals surface area contributed by atoms with Crippen LogP contribution in [0.4, 0.5) is 5.82 Å². The number of anilines is 1. The van der Waals surface area contributed by atoms with Gasteiger partial charge in [0.25, 0.3) is 5.56 Å². The fourth-order valence-electron chi connectivity index (χ4n) is 1.17. The van der Waals surface area contributed by atoms with Crippen LogP contribution in [0.2, 0.25) is 0 Å². The molecule has 1 unspecified atom stereocenters. The summed E-state index contributed by atoms with van der Waals surface area (Å²) in [6.45, 7) is 6.61. The molecule has 90 valence electrons. The van der Waals surface area contributed by atoms with E-state index in [1.165, 1.54) is 6.33 Å². The molecule has 1 rings (SSSR count). The zero-order valence-corrected chi connectivity index (χ0v) is 11.3. The summed E-state index contributed by atoms with van der Waals surface area (Å²) in [5.74, 6) is 0.843. The number of rotatable bonds is 4. The van der Waals surface area contributed by atoms with Gasteiger partial charge in [0.15, 0.2) is 0 Å². The van der Waals surface area contributed by atoms with Crippen LogP contribution in [-0.4, -0.2) is 22.1 Å². The minimum Gasteiger partial charge on any atom is -0.362 e. The van der Waals surface area contributed by atoms with Crippen molar-refractivity contribution < 1.29 is 0 Å². The van der Waals surface area contributed by atoms with Gasteiger partial charge in [0.1, 0.15) is 10.3 Å². The molecule has 0 fully saturated rings. The fourth-order valence-corrected chi connectivity index (χ4v) is 1.49. The molecule has 0 radical (unpaired) electrons. The van der Waals surface area contributed by atoms with Crippen molar-refractivity contribution in [3.05, 3.63) is 21.2 Å². The van der Waals surface area contributed by atoms with Crippen molar-refractivity contribution in [2.24, 2.45) is 11.7 Å². The fraction of sp³-hybridized carbons (Fsp3) is 0.600. The number of hydrogen-bond donors (Lipinski definition) is 3. The quantitative estimate of drug-likeness (QED) is 0.780. The number of aromatic nitrogens is 2. The number of halogens is 1. The Balaban J connectivity index is 3.04. The van der Waals surface area contributed by atoms with E-state index >= 15 is 0 Å². The Morgan fingerprint density at radius 3 is 2.81 bits per heavy atom. The van der Waals surface area contributed by atoms with Crippen molar-refractivity contribution in [2.75, 3.05) is 11.9 Å². The lowest BCUT2D eigenvalue weighted by molar-refractivity contribution is 0.381. The normalized spacial score (nSPS) is 14.9. The van der Waals surface area contributed by atoms with Crippen LogP contribution in [0.3, 0.4) is 0 Å². The summed E-state index contributed by atoms with van der Waals surface area (Å²) in [6, 6.07) is 0. The average molecular weight is 289 g/mol. The zero-order valence-electron chi connectivity index (χ0n) is 9.67. The van der Waals surface area contributed by atoms with Crippen LogP contribution < -0.4 is 16.6 Å². The van der Waals surface area contributed by atoms with Crippen molar-refractivity contribution in [1.82, 2.24) is 9.97 Å². The highest BCUT2D eigenvalue weighted by atomic mass is 79.9. The van der Waals surface area contributed by atoms with Crippen LogP contribution in [0.15, 0.2) is 15.6 Å². The van der Waals surface area contributed by atoms with Crippen LogP contribution in [0.5, 0.6) is 0 Å². The molecule has 1 aromatic rings. The molecule has 0 saturated heterocycles. The summed E-state index contributed by atoms with van der Waals surface area (Å²) in [4.78, 5) is 17.9. The predicted molar refractivity (Wildman–Crippen MR) is 68.5 cm³/mol. The van der Waals surface area contributed by atoms with Crippen LogP contribution >= 0.6 is 15.9 Å². The lowest BCUT2D eigenvalue weighted by Gasteiger charge is -2.34. The molecule has 0 amide bonds. The summed E-state index contributed by atoms with van der Waals surface area (Å²) >= 11 is 3.20. The lowest BCUT2D eigenvalue weighted by Crippen LogP contribution is -2.47. The first-order valence-corrected chi connectivity index (χ1v) is 5.91. The lowest BCUT2D eigenvalue weighted by atomic mass is 9.88. The van der Waals surface area contributed by atoms with Gasteiger partial charge >= 0.3 is 0 Å². The predicted octanol–water partition coefficient (Wildman–Crippen LogP) is 1.32. The topological polar surface area (TPSA) is 83.8 Å². The van der Waals surface area contributed by atoms with E-state index in [4.69, 9.17) is 5.73 Å². The third kappa shape index (κ3) is 2.62. The molecule has 0 spiro atoms. The van der Waals surface area contributed by atoms with Crippen LogP contribution in [0.1, 0.15) is 20.8 Å². The molecule has 1 atom stereocenters. The summed E-state index contributed by atoms with van der Waals surface area (Å²) in [5.41, 5.74) is 5.26. The maximum atomic E-state index is 11.4. The Morgan fingerprint density at radius 2 is 2.31 bits per heavy atom. The molecular weight excluding hydrogens is 272 g/mol. The Kier molecular flexibility index (Phi) is 4.09. The number of nitrogens with two attached hydrogens (primary N) is 1. The molecule has 1 heterocycles. The molecule has 6 heteroatoms. The molecule has 16 heavy (non-hydrogen) atoms. The van der Waals surface area contributed by atoms with Gasteiger partial charge in [-0.05, 0) is 28.8 Å². The van der Waals surface area contributed by atoms with Gasteiger partial charge in [-0.25, -0.2) is 4.98 Å². The van der Waals surface area contributed by atoms with Crippen LogP contribution in [0, 0.1) is 5.92 Å². The third-order valence-corrected chi connectivity index (χ3v) is 3.63. The van der Waals surface area contributed by atoms with E-state index in [0.29, 0.717) is 22.8 Å². The number of nitrogens with one attached hydrogen (secondary N) is 2. The van der Waals surface area contributed by atoms with Crippen molar-refractivity contribution in [2.45, 2.75) is 26.3 Å². The second-order valence-corrected chi connectivity index (χ2v) is 5.09. The molecule has 4 N–H and O–H groups in total. The highest BCUT2D eigenvalue weighted by Gasteiger charge is 2.27. The van der Waals surface area contributed by atoms with Crippen molar-refractivity contribution in [1.29, 1.82) is 0 Å². The summed E-state index contributed by atoms with van der Waals surface area (Å²) in [5, 5.41) is 3.21. The van der Waals surface area contributed by atoms with Gasteiger partial charge in [0.05, 0.1) is 11.9 Å². The Morgan fingerprint density at radius 1 is 1.69 bits per heavy atom. The van der Waals surface area contributed by atoms with E-state index in [0.717, 1.165) is 0 Å². The highest BCUT2D eigenvalue weighted by molar-refractivity contribution is 9.10. The second-order valence-electron chi connectivity index (χ2n) is 4.30. The van der Waals surface area contributed by atoms with Crippen LogP contribution in [0.25, 0.3) is 0 Å². The number of hydrogen-bond acceptors (Lipinski definition) is 4. The van der Waals surface area contributed by atoms with E-state index in [9.17, 15) is 4.79 Å². The van der Waals surface area contributed by atoms with Gasteiger partial charge < -0.3 is 16.0 Å². The first-order chi connectivity index (χ1) is 7.40. The summed E-state index contributed by atoms with van der Waals surface area (Å²) in [6.07, 6.45) is 1.37. The Labute approximate surface area is 103 Å². The SMILES string of the molecule is CC(C)C(C)(CN)Nc1nc[nH]c(=O)c1Br. The van der Waals surface area contributed by atoms with Crippen molar-refractivity contribution >= 4 is 21.7 Å². The van der Waals surface area contributed by atoms with Gasteiger partial charge in [-0.15, -0.1) is 0 Å². The van der Waals surface area contributed by atoms with Gasteiger partial charge in [0.2, 0.25) is 0 Å². The van der Waals surface area contributed by atoms with Gasteiger partial charge in [-0.2, -0.15) is 0 Å². The summed E-state index contributed by atoms with van der Waals surface area (Å²) in [7, 11) is 0. The Hall–Kier alpha value is -0.880. The molecular formula is C10H17BrN4O. The van der Waals surface area contributed by atoms with E-state index in [-0.39, 0.29) is 11.1 Å². The van der Waals surface area contributed by atoms with E-state index in [1.807, 2.05) is 6.92 Å². The number of H-pyrrole nitrogens is 1. The minimum absolute atomic E-state index is 0.208. The van der Waals surface area contributed by atoms with Crippen molar-refractivity contribution in [3.8, 4) is 0 Å². The molecule has 1 aromatic heterocycles. The largest absolute Gasteiger partial charge is 0.362 e. The smallest absolute Gasteiger partial charge is 0.267 e. The number of nitrogens with zero attached hydrogens (tertiary/aromatic N) is 1. The molecule has 5 nitrogen and oxygen atoms in total. The third-order valence-electron chi connectivity index (χ3n) is 2.90. The second kappa shape index (κ2) is 4.97. The number of aromatic amines is 1. The van der Waals surface area contributed by atoms with Crippen LogP contribution in [-0.2, 0) is 0 Å².